The van der Waals surface area contributed by atoms with Crippen molar-refractivity contribution in [2.75, 3.05) is 24.7 Å². The van der Waals surface area contributed by atoms with Crippen molar-refractivity contribution in [2.24, 2.45) is 0 Å². The number of amides is 1. The van der Waals surface area contributed by atoms with Crippen LogP contribution in [0.15, 0.2) is 30.3 Å². The summed E-state index contributed by atoms with van der Waals surface area (Å²) in [6.45, 7) is 0.834. The van der Waals surface area contributed by atoms with Crippen LogP contribution in [0.25, 0.3) is 0 Å². The van der Waals surface area contributed by atoms with Crippen molar-refractivity contribution in [3.63, 3.8) is 0 Å². The highest BCUT2D eigenvalue weighted by Crippen LogP contribution is 1.99. The van der Waals surface area contributed by atoms with E-state index in [2.05, 4.69) is 17.2 Å². The van der Waals surface area contributed by atoms with Gasteiger partial charge in [0.2, 0.25) is 0 Å². The number of aliphatic hydroxyl groups excluding tert-OH is 1. The lowest BCUT2D eigenvalue weighted by atomic mass is 10.2. The Bertz CT molecular complexity index is 409. The Morgan fingerprint density at radius 3 is 2.78 bits per heavy atom. The van der Waals surface area contributed by atoms with E-state index >= 15 is 0 Å². The number of thioether (sulfide) groups is 1. The van der Waals surface area contributed by atoms with Gasteiger partial charge in [0.25, 0.3) is 5.91 Å². The third kappa shape index (κ3) is 7.00. The molecule has 0 unspecified atom stereocenters. The van der Waals surface area contributed by atoms with Crippen LogP contribution in [-0.4, -0.2) is 35.7 Å². The highest BCUT2D eigenvalue weighted by molar-refractivity contribution is 7.99. The third-order valence-electron chi connectivity index (χ3n) is 2.07. The van der Waals surface area contributed by atoms with E-state index in [0.717, 1.165) is 23.5 Å². The maximum atomic E-state index is 11.4. The van der Waals surface area contributed by atoms with Crippen molar-refractivity contribution >= 4 is 17.7 Å². The Kier molecular flexibility index (Phi) is 7.78. The molecular formula is C14H17NO2S. The van der Waals surface area contributed by atoms with Gasteiger partial charge in [-0.05, 0) is 24.3 Å². The molecule has 0 heterocycles. The van der Waals surface area contributed by atoms with Crippen LogP contribution < -0.4 is 5.32 Å². The minimum atomic E-state index is -0.249. The Morgan fingerprint density at radius 1 is 1.28 bits per heavy atom. The fraction of sp³-hybridized carbons (Fsp3) is 0.357. The fourth-order valence-corrected chi connectivity index (χ4v) is 1.98. The minimum Gasteiger partial charge on any atom is -0.396 e. The van der Waals surface area contributed by atoms with Gasteiger partial charge < -0.3 is 10.4 Å². The first-order chi connectivity index (χ1) is 8.83. The molecule has 3 nitrogen and oxygen atoms in total. The number of carbonyl (C=O) groups excluding carboxylic acids is 1. The van der Waals surface area contributed by atoms with Gasteiger partial charge in [-0.15, -0.1) is 0 Å². The first-order valence-corrected chi connectivity index (χ1v) is 7.02. The van der Waals surface area contributed by atoms with E-state index in [-0.39, 0.29) is 12.5 Å². The summed E-state index contributed by atoms with van der Waals surface area (Å²) in [6.07, 6.45) is 0.798. The molecule has 96 valence electrons. The Labute approximate surface area is 112 Å². The normalized spacial score (nSPS) is 9.39. The summed E-state index contributed by atoms with van der Waals surface area (Å²) in [4.78, 5) is 11.4. The standard InChI is InChI=1S/C14H17NO2S/c16-10-4-11-18-12-9-15-14(17)8-7-13-5-2-1-3-6-13/h1-3,5-6,16H,4,9-12H2,(H,15,17). The summed E-state index contributed by atoms with van der Waals surface area (Å²) in [5, 5.41) is 11.3. The first kappa shape index (κ1) is 14.6. The van der Waals surface area contributed by atoms with Gasteiger partial charge in [-0.3, -0.25) is 4.79 Å². The van der Waals surface area contributed by atoms with Crippen LogP contribution in [0.3, 0.4) is 0 Å². The monoisotopic (exact) mass is 263 g/mol. The van der Waals surface area contributed by atoms with Crippen molar-refractivity contribution in [3.05, 3.63) is 35.9 Å². The molecule has 4 heteroatoms. The van der Waals surface area contributed by atoms with E-state index < -0.39 is 0 Å². The van der Waals surface area contributed by atoms with Gasteiger partial charge >= 0.3 is 0 Å². The maximum absolute atomic E-state index is 11.4. The summed E-state index contributed by atoms with van der Waals surface area (Å²) in [5.41, 5.74) is 0.838. The molecule has 0 aliphatic carbocycles. The Hall–Kier alpha value is -1.44. The molecule has 1 aromatic carbocycles. The fourth-order valence-electron chi connectivity index (χ4n) is 1.20. The molecule has 18 heavy (non-hydrogen) atoms. The van der Waals surface area contributed by atoms with Crippen LogP contribution in [0.2, 0.25) is 0 Å². The van der Waals surface area contributed by atoms with Crippen molar-refractivity contribution < 1.29 is 9.90 Å². The van der Waals surface area contributed by atoms with Gasteiger partial charge in [-0.1, -0.05) is 24.1 Å². The van der Waals surface area contributed by atoms with Crippen molar-refractivity contribution in [2.45, 2.75) is 6.42 Å². The highest BCUT2D eigenvalue weighted by Gasteiger charge is 1.94. The largest absolute Gasteiger partial charge is 0.396 e. The van der Waals surface area contributed by atoms with Crippen molar-refractivity contribution in [1.29, 1.82) is 0 Å². The van der Waals surface area contributed by atoms with E-state index in [1.807, 2.05) is 30.3 Å². The summed E-state index contributed by atoms with van der Waals surface area (Å²) >= 11 is 1.71. The molecule has 0 aliphatic rings. The van der Waals surface area contributed by atoms with Gasteiger partial charge in [0, 0.05) is 30.4 Å². The van der Waals surface area contributed by atoms with Gasteiger partial charge in [0.1, 0.15) is 0 Å². The number of hydrogen-bond donors (Lipinski definition) is 2. The number of benzene rings is 1. The zero-order chi connectivity index (χ0) is 13.1. The minimum absolute atomic E-state index is 0.224. The smallest absolute Gasteiger partial charge is 0.296 e. The van der Waals surface area contributed by atoms with Crippen molar-refractivity contribution in [1.82, 2.24) is 5.32 Å². The predicted molar refractivity (Wildman–Crippen MR) is 75.4 cm³/mol. The van der Waals surface area contributed by atoms with Crippen molar-refractivity contribution in [3.8, 4) is 11.8 Å². The second kappa shape index (κ2) is 9.58. The average Bonchev–Trinajstić information content (AvgIpc) is 2.41. The first-order valence-electron chi connectivity index (χ1n) is 5.86. The SMILES string of the molecule is O=C(C#Cc1ccccc1)NCCSCCCO. The van der Waals surface area contributed by atoms with E-state index in [1.165, 1.54) is 0 Å². The molecule has 0 aliphatic heterocycles. The molecule has 1 amide bonds. The summed E-state index contributed by atoms with van der Waals surface area (Å²) in [6, 6.07) is 9.42. The third-order valence-corrected chi connectivity index (χ3v) is 3.14. The Morgan fingerprint density at radius 2 is 2.06 bits per heavy atom. The number of carbonyl (C=O) groups is 1. The molecule has 0 aromatic heterocycles. The van der Waals surface area contributed by atoms with Crippen LogP contribution in [0.4, 0.5) is 0 Å². The molecule has 0 bridgehead atoms. The number of rotatable bonds is 6. The molecular weight excluding hydrogens is 246 g/mol. The lowest BCUT2D eigenvalue weighted by Crippen LogP contribution is -2.24. The maximum Gasteiger partial charge on any atom is 0.296 e. The highest BCUT2D eigenvalue weighted by atomic mass is 32.2. The van der Waals surface area contributed by atoms with Gasteiger partial charge in [-0.2, -0.15) is 11.8 Å². The van der Waals surface area contributed by atoms with E-state index in [1.54, 1.807) is 11.8 Å². The molecule has 0 saturated heterocycles. The zero-order valence-electron chi connectivity index (χ0n) is 10.2. The van der Waals surface area contributed by atoms with E-state index in [0.29, 0.717) is 6.54 Å². The van der Waals surface area contributed by atoms with Crippen LogP contribution in [-0.2, 0) is 4.79 Å². The van der Waals surface area contributed by atoms with Crippen LogP contribution in [0.1, 0.15) is 12.0 Å². The molecule has 1 aromatic rings. The van der Waals surface area contributed by atoms with Crippen LogP contribution >= 0.6 is 11.8 Å². The molecule has 2 N–H and O–H groups in total. The second-order valence-corrected chi connectivity index (χ2v) is 4.79. The van der Waals surface area contributed by atoms with Gasteiger partial charge in [0.15, 0.2) is 0 Å². The molecule has 0 spiro atoms. The second-order valence-electron chi connectivity index (χ2n) is 3.56. The van der Waals surface area contributed by atoms with Gasteiger partial charge in [0.05, 0.1) is 0 Å². The van der Waals surface area contributed by atoms with Gasteiger partial charge in [-0.25, -0.2) is 0 Å². The van der Waals surface area contributed by atoms with Crippen LogP contribution in [0, 0.1) is 11.8 Å². The number of aliphatic hydroxyl groups is 1. The van der Waals surface area contributed by atoms with E-state index in [9.17, 15) is 4.79 Å². The summed E-state index contributed by atoms with van der Waals surface area (Å²) < 4.78 is 0. The molecule has 1 rings (SSSR count). The lowest BCUT2D eigenvalue weighted by molar-refractivity contribution is -0.115. The zero-order valence-corrected chi connectivity index (χ0v) is 11.0. The number of hydrogen-bond acceptors (Lipinski definition) is 3. The summed E-state index contributed by atoms with van der Waals surface area (Å²) in [7, 11) is 0. The Balaban J connectivity index is 2.16. The van der Waals surface area contributed by atoms with E-state index in [4.69, 9.17) is 5.11 Å². The molecule has 0 radical (unpaired) electrons. The predicted octanol–water partition coefficient (Wildman–Crippen LogP) is 1.27. The van der Waals surface area contributed by atoms with Crippen LogP contribution in [0.5, 0.6) is 0 Å². The number of nitrogens with one attached hydrogen (secondary N) is 1. The average molecular weight is 263 g/mol. The summed E-state index contributed by atoms with van der Waals surface area (Å²) in [5.74, 6) is 6.87. The quantitative estimate of drug-likeness (QED) is 0.600. The topological polar surface area (TPSA) is 49.3 Å². The molecule has 0 atom stereocenters. The molecule has 0 fully saturated rings. The molecule has 0 saturated carbocycles. The lowest BCUT2D eigenvalue weighted by Gasteiger charge is -2.00.